The molecule has 28 heavy (non-hydrogen) atoms. The summed E-state index contributed by atoms with van der Waals surface area (Å²) in [5.74, 6) is 0.370. The second kappa shape index (κ2) is 7.21. The molecular weight excluding hydrogens is 354 g/mol. The summed E-state index contributed by atoms with van der Waals surface area (Å²) in [5, 5.41) is 22.3. The Morgan fingerprint density at radius 1 is 1.04 bits per heavy atom. The molecular formula is C21H15N5O2. The van der Waals surface area contributed by atoms with Crippen LogP contribution in [0.5, 0.6) is 0 Å². The molecule has 0 saturated carbocycles. The molecule has 0 radical (unpaired) electrons. The third-order valence-electron chi connectivity index (χ3n) is 4.39. The van der Waals surface area contributed by atoms with Gasteiger partial charge in [0, 0.05) is 12.7 Å². The van der Waals surface area contributed by atoms with E-state index in [1.807, 2.05) is 36.4 Å². The van der Waals surface area contributed by atoms with Gasteiger partial charge >= 0.3 is 5.69 Å². The van der Waals surface area contributed by atoms with Crippen molar-refractivity contribution in [2.45, 2.75) is 6.54 Å². The highest BCUT2D eigenvalue weighted by molar-refractivity contribution is 5.86. The Hall–Kier alpha value is -4.18. The lowest BCUT2D eigenvalue weighted by Gasteiger charge is -2.10. The lowest BCUT2D eigenvalue weighted by molar-refractivity contribution is 0.182. The molecule has 0 aliphatic rings. The quantitative estimate of drug-likeness (QED) is 0.536. The van der Waals surface area contributed by atoms with Gasteiger partial charge < -0.3 is 10.5 Å². The van der Waals surface area contributed by atoms with Gasteiger partial charge in [-0.2, -0.15) is 10.2 Å². The average molecular weight is 369 g/mol. The van der Waals surface area contributed by atoms with Gasteiger partial charge in [0.15, 0.2) is 5.65 Å². The minimum atomic E-state index is -0.787. The van der Waals surface area contributed by atoms with Crippen LogP contribution < -0.4 is 11.0 Å². The monoisotopic (exact) mass is 369 g/mol. The Morgan fingerprint density at radius 2 is 1.71 bits per heavy atom. The smallest absolute Gasteiger partial charge is 0.384 e. The molecule has 0 saturated heterocycles. The average Bonchev–Trinajstić information content (AvgIpc) is 2.76. The van der Waals surface area contributed by atoms with Gasteiger partial charge in [-0.3, -0.25) is 0 Å². The number of aromatic nitrogens is 3. The van der Waals surface area contributed by atoms with Gasteiger partial charge in [-0.25, -0.2) is 9.78 Å². The third-order valence-corrected chi connectivity index (χ3v) is 4.39. The van der Waals surface area contributed by atoms with Crippen LogP contribution in [0.2, 0.25) is 0 Å². The van der Waals surface area contributed by atoms with Crippen molar-refractivity contribution >= 4 is 16.9 Å². The minimum Gasteiger partial charge on any atom is -0.422 e. The molecule has 7 nitrogen and oxygen atoms in total. The fourth-order valence-electron chi connectivity index (χ4n) is 2.92. The van der Waals surface area contributed by atoms with E-state index in [1.165, 1.54) is 6.20 Å². The molecule has 0 aliphatic carbocycles. The van der Waals surface area contributed by atoms with Crippen LogP contribution in [0, 0.1) is 11.3 Å². The first-order valence-corrected chi connectivity index (χ1v) is 8.56. The van der Waals surface area contributed by atoms with E-state index in [-0.39, 0.29) is 5.65 Å². The summed E-state index contributed by atoms with van der Waals surface area (Å²) < 4.78 is 0.437. The van der Waals surface area contributed by atoms with Gasteiger partial charge in [0.25, 0.3) is 0 Å². The van der Waals surface area contributed by atoms with E-state index in [9.17, 15) is 10.0 Å². The summed E-state index contributed by atoms with van der Waals surface area (Å²) in [6, 6.07) is 20.9. The fraction of sp³-hybridized carbons (Fsp3) is 0.0476. The maximum atomic E-state index is 11.8. The number of benzene rings is 2. The number of pyridine rings is 1. The van der Waals surface area contributed by atoms with Crippen molar-refractivity contribution in [1.29, 1.82) is 5.26 Å². The molecule has 0 aliphatic heterocycles. The molecule has 0 amide bonds. The van der Waals surface area contributed by atoms with Gasteiger partial charge in [-0.05, 0) is 41.0 Å². The van der Waals surface area contributed by atoms with E-state index >= 15 is 0 Å². The van der Waals surface area contributed by atoms with E-state index in [1.54, 1.807) is 24.3 Å². The predicted octanol–water partition coefficient (Wildman–Crippen LogP) is 3.18. The number of fused-ring (bicyclic) bond motifs is 1. The summed E-state index contributed by atoms with van der Waals surface area (Å²) in [7, 11) is 0. The number of hydrogen-bond donors (Lipinski definition) is 2. The van der Waals surface area contributed by atoms with E-state index < -0.39 is 5.69 Å². The van der Waals surface area contributed by atoms with Crippen LogP contribution in [0.25, 0.3) is 22.2 Å². The molecule has 4 rings (SSSR count). The molecule has 0 fully saturated rings. The van der Waals surface area contributed by atoms with Gasteiger partial charge in [0.2, 0.25) is 0 Å². The van der Waals surface area contributed by atoms with Crippen LogP contribution in [0.15, 0.2) is 71.7 Å². The van der Waals surface area contributed by atoms with Crippen LogP contribution in [-0.2, 0) is 6.54 Å². The van der Waals surface area contributed by atoms with Gasteiger partial charge in [0.1, 0.15) is 5.82 Å². The Kier molecular flexibility index (Phi) is 4.44. The third kappa shape index (κ3) is 3.27. The summed E-state index contributed by atoms with van der Waals surface area (Å²) >= 11 is 0. The molecule has 2 aromatic heterocycles. The molecule has 4 aromatic rings. The molecule has 2 N–H and O–H groups in total. The normalized spacial score (nSPS) is 10.5. The van der Waals surface area contributed by atoms with Gasteiger partial charge in [-0.1, -0.05) is 36.4 Å². The highest BCUT2D eigenvalue weighted by atomic mass is 16.5. The number of nitrogens with one attached hydrogen (secondary N) is 1. The zero-order chi connectivity index (χ0) is 19.5. The van der Waals surface area contributed by atoms with Crippen molar-refractivity contribution in [2.75, 3.05) is 5.32 Å². The molecule has 7 heteroatoms. The Morgan fingerprint density at radius 3 is 2.39 bits per heavy atom. The summed E-state index contributed by atoms with van der Waals surface area (Å²) in [6.45, 7) is 0.458. The highest BCUT2D eigenvalue weighted by Gasteiger charge is 2.10. The maximum absolute atomic E-state index is 11.8. The van der Waals surface area contributed by atoms with Crippen LogP contribution >= 0.6 is 0 Å². The largest absolute Gasteiger partial charge is 0.422 e. The second-order valence-electron chi connectivity index (χ2n) is 6.17. The summed E-state index contributed by atoms with van der Waals surface area (Å²) in [6.07, 6.45) is 1.50. The summed E-state index contributed by atoms with van der Waals surface area (Å²) in [5.41, 5.74) is 3.08. The number of nitrogens with zero attached hydrogens (tertiary/aromatic N) is 4. The molecule has 0 unspecified atom stereocenters. The molecule has 2 heterocycles. The van der Waals surface area contributed by atoms with Crippen molar-refractivity contribution in [2.24, 2.45) is 0 Å². The summed E-state index contributed by atoms with van der Waals surface area (Å²) in [4.78, 5) is 19.7. The van der Waals surface area contributed by atoms with Crippen LogP contribution in [-0.4, -0.2) is 19.9 Å². The number of anilines is 1. The maximum Gasteiger partial charge on any atom is 0.384 e. The van der Waals surface area contributed by atoms with Crippen molar-refractivity contribution in [3.8, 4) is 17.2 Å². The van der Waals surface area contributed by atoms with E-state index in [2.05, 4.69) is 21.4 Å². The Balaban J connectivity index is 1.54. The zero-order valence-corrected chi connectivity index (χ0v) is 14.7. The minimum absolute atomic E-state index is 0.154. The van der Waals surface area contributed by atoms with Crippen molar-refractivity contribution in [3.05, 3.63) is 88.5 Å². The first-order valence-electron chi connectivity index (χ1n) is 8.56. The molecule has 0 spiro atoms. The first-order chi connectivity index (χ1) is 13.7. The number of nitriles is 1. The lowest BCUT2D eigenvalue weighted by Crippen LogP contribution is -2.23. The van der Waals surface area contributed by atoms with Crippen molar-refractivity contribution in [3.63, 3.8) is 0 Å². The number of hydrogen-bond acceptors (Lipinski definition) is 6. The zero-order valence-electron chi connectivity index (χ0n) is 14.7. The number of rotatable bonds is 4. The lowest BCUT2D eigenvalue weighted by atomic mass is 10.0. The Labute approximate surface area is 160 Å². The van der Waals surface area contributed by atoms with Gasteiger partial charge in [0.05, 0.1) is 17.0 Å². The Bertz CT molecular complexity index is 1240. The highest BCUT2D eigenvalue weighted by Crippen LogP contribution is 2.21. The SMILES string of the molecule is N#Cc1ccc(-c2ccc(CNc3nc(=O)n(O)c4ncccc34)cc2)cc1. The second-order valence-corrected chi connectivity index (χ2v) is 6.17. The molecule has 0 atom stereocenters. The van der Waals surface area contributed by atoms with E-state index in [0.29, 0.717) is 28.0 Å². The van der Waals surface area contributed by atoms with Crippen LogP contribution in [0.1, 0.15) is 11.1 Å². The van der Waals surface area contributed by atoms with Crippen LogP contribution in [0.3, 0.4) is 0 Å². The molecule has 2 aromatic carbocycles. The topological polar surface area (TPSA) is 104 Å². The standard InChI is InChI=1S/C21H15N5O2/c22-12-14-3-7-16(8-4-14)17-9-5-15(6-10-17)13-24-19-18-2-1-11-23-20(18)26(28)21(27)25-19/h1-11,28H,13H2,(H,24,25,27). The van der Waals surface area contributed by atoms with E-state index in [0.717, 1.165) is 16.7 Å². The van der Waals surface area contributed by atoms with Gasteiger partial charge in [-0.15, -0.1) is 4.73 Å². The van der Waals surface area contributed by atoms with Crippen LogP contribution in [0.4, 0.5) is 5.82 Å². The predicted molar refractivity (Wildman–Crippen MR) is 105 cm³/mol. The fourth-order valence-corrected chi connectivity index (χ4v) is 2.92. The first kappa shape index (κ1) is 17.2. The van der Waals surface area contributed by atoms with Crippen molar-refractivity contribution < 1.29 is 5.21 Å². The van der Waals surface area contributed by atoms with Crippen molar-refractivity contribution in [1.82, 2.24) is 14.7 Å². The molecule has 136 valence electrons. The van der Waals surface area contributed by atoms with E-state index in [4.69, 9.17) is 5.26 Å². The molecule has 0 bridgehead atoms.